The normalized spacial score (nSPS) is 13.2. The molecule has 24 heavy (non-hydrogen) atoms. The van der Waals surface area contributed by atoms with Crippen molar-refractivity contribution in [2.75, 3.05) is 17.2 Å². The Balaban J connectivity index is 1.42. The second-order valence-electron chi connectivity index (χ2n) is 6.06. The molecule has 0 atom stereocenters. The van der Waals surface area contributed by atoms with E-state index in [1.54, 1.807) is 11.8 Å². The first-order valence-corrected chi connectivity index (χ1v) is 9.41. The van der Waals surface area contributed by atoms with E-state index < -0.39 is 0 Å². The van der Waals surface area contributed by atoms with Crippen LogP contribution in [0.5, 0.6) is 0 Å². The van der Waals surface area contributed by atoms with E-state index in [4.69, 9.17) is 0 Å². The van der Waals surface area contributed by atoms with Crippen molar-refractivity contribution in [3.05, 3.63) is 77.9 Å². The van der Waals surface area contributed by atoms with Crippen molar-refractivity contribution >= 4 is 34.1 Å². The van der Waals surface area contributed by atoms with Gasteiger partial charge in [0.2, 0.25) is 5.91 Å². The second-order valence-corrected chi connectivity index (χ2v) is 7.04. The summed E-state index contributed by atoms with van der Waals surface area (Å²) in [5.41, 5.74) is 3.67. The Hall–Kier alpha value is -2.26. The van der Waals surface area contributed by atoms with Crippen molar-refractivity contribution in [1.82, 2.24) is 0 Å². The van der Waals surface area contributed by atoms with Crippen LogP contribution in [0.25, 0.3) is 10.8 Å². The van der Waals surface area contributed by atoms with E-state index in [1.807, 2.05) is 17.0 Å². The maximum Gasteiger partial charge on any atom is 0.237 e. The number of nitrogens with zero attached hydrogens (tertiary/aromatic N) is 1. The highest BCUT2D eigenvalue weighted by atomic mass is 32.2. The molecule has 0 saturated heterocycles. The van der Waals surface area contributed by atoms with E-state index in [1.165, 1.54) is 21.9 Å². The molecule has 3 aromatic carbocycles. The number of amides is 1. The molecule has 0 saturated carbocycles. The van der Waals surface area contributed by atoms with E-state index >= 15 is 0 Å². The number of hydrogen-bond acceptors (Lipinski definition) is 2. The lowest BCUT2D eigenvalue weighted by molar-refractivity contribution is -0.116. The van der Waals surface area contributed by atoms with Crippen LogP contribution in [0.3, 0.4) is 0 Å². The Morgan fingerprint density at radius 2 is 1.75 bits per heavy atom. The van der Waals surface area contributed by atoms with Crippen molar-refractivity contribution < 1.29 is 4.79 Å². The van der Waals surface area contributed by atoms with Gasteiger partial charge in [-0.25, -0.2) is 0 Å². The first kappa shape index (κ1) is 15.3. The number of carbonyl (C=O) groups is 1. The third-order valence-corrected chi connectivity index (χ3v) is 5.52. The Labute approximate surface area is 146 Å². The zero-order chi connectivity index (χ0) is 16.4. The third kappa shape index (κ3) is 2.92. The zero-order valence-corrected chi connectivity index (χ0v) is 14.3. The lowest BCUT2D eigenvalue weighted by Gasteiger charge is -2.17. The topological polar surface area (TPSA) is 20.3 Å². The first-order chi connectivity index (χ1) is 11.8. The molecule has 2 nitrogen and oxygen atoms in total. The third-order valence-electron chi connectivity index (χ3n) is 4.55. The summed E-state index contributed by atoms with van der Waals surface area (Å²) in [7, 11) is 0. The van der Waals surface area contributed by atoms with Crippen LogP contribution in [0.4, 0.5) is 5.69 Å². The number of thioether (sulfide) groups is 1. The van der Waals surface area contributed by atoms with E-state index in [0.29, 0.717) is 5.75 Å². The van der Waals surface area contributed by atoms with Gasteiger partial charge in [-0.3, -0.25) is 4.79 Å². The molecular weight excluding hydrogens is 314 g/mol. The molecule has 3 heteroatoms. The SMILES string of the molecule is O=C(CSCc1cccc2ccccc12)N1CCc2ccccc21. The monoisotopic (exact) mass is 333 g/mol. The highest BCUT2D eigenvalue weighted by Gasteiger charge is 2.23. The van der Waals surface area contributed by atoms with Crippen molar-refractivity contribution in [1.29, 1.82) is 0 Å². The van der Waals surface area contributed by atoms with E-state index in [9.17, 15) is 4.79 Å². The van der Waals surface area contributed by atoms with Crippen molar-refractivity contribution in [3.63, 3.8) is 0 Å². The smallest absolute Gasteiger partial charge is 0.237 e. The van der Waals surface area contributed by atoms with Gasteiger partial charge >= 0.3 is 0 Å². The predicted octanol–water partition coefficient (Wildman–Crippen LogP) is 4.66. The Morgan fingerprint density at radius 3 is 2.71 bits per heavy atom. The zero-order valence-electron chi connectivity index (χ0n) is 13.4. The average Bonchev–Trinajstić information content (AvgIpc) is 3.06. The highest BCUT2D eigenvalue weighted by molar-refractivity contribution is 7.99. The standard InChI is InChI=1S/C21H19NOS/c23-21(22-13-12-17-7-2-4-11-20(17)22)15-24-14-18-9-5-8-16-6-1-3-10-19(16)18/h1-11H,12-15H2. The number of para-hydroxylation sites is 1. The van der Waals surface area contributed by atoms with Gasteiger partial charge in [0, 0.05) is 18.0 Å². The van der Waals surface area contributed by atoms with Crippen LogP contribution < -0.4 is 4.90 Å². The van der Waals surface area contributed by atoms with Gasteiger partial charge in [0.25, 0.3) is 0 Å². The van der Waals surface area contributed by atoms with Gasteiger partial charge in [-0.1, -0.05) is 60.7 Å². The molecule has 0 bridgehead atoms. The number of fused-ring (bicyclic) bond motifs is 2. The van der Waals surface area contributed by atoms with E-state index in [0.717, 1.165) is 24.4 Å². The summed E-state index contributed by atoms with van der Waals surface area (Å²) in [4.78, 5) is 14.5. The number of hydrogen-bond donors (Lipinski definition) is 0. The van der Waals surface area contributed by atoms with Crippen LogP contribution in [0.15, 0.2) is 66.7 Å². The fourth-order valence-electron chi connectivity index (χ4n) is 3.34. The van der Waals surface area contributed by atoms with Gasteiger partial charge in [0.05, 0.1) is 5.75 Å². The summed E-state index contributed by atoms with van der Waals surface area (Å²) in [6, 6.07) is 23.0. The predicted molar refractivity (Wildman–Crippen MR) is 103 cm³/mol. The van der Waals surface area contributed by atoms with Crippen molar-refractivity contribution in [2.24, 2.45) is 0 Å². The molecule has 1 heterocycles. The molecular formula is C21H19NOS. The number of carbonyl (C=O) groups excluding carboxylic acids is 1. The fourth-order valence-corrected chi connectivity index (χ4v) is 4.25. The molecule has 0 radical (unpaired) electrons. The summed E-state index contributed by atoms with van der Waals surface area (Å²) in [6.45, 7) is 0.813. The minimum atomic E-state index is 0.213. The summed E-state index contributed by atoms with van der Waals surface area (Å²) >= 11 is 1.70. The van der Waals surface area contributed by atoms with E-state index in [2.05, 4.69) is 54.6 Å². The molecule has 0 fully saturated rings. The molecule has 1 aliphatic heterocycles. The van der Waals surface area contributed by atoms with Gasteiger partial charge in [-0.2, -0.15) is 0 Å². The largest absolute Gasteiger partial charge is 0.311 e. The molecule has 1 amide bonds. The van der Waals surface area contributed by atoms with Gasteiger partial charge in [0.15, 0.2) is 0 Å². The summed E-state index contributed by atoms with van der Waals surface area (Å²) in [6.07, 6.45) is 0.968. The molecule has 0 unspecified atom stereocenters. The number of anilines is 1. The molecule has 4 rings (SSSR count). The molecule has 0 N–H and O–H groups in total. The van der Waals surface area contributed by atoms with Crippen LogP contribution in [-0.2, 0) is 17.0 Å². The van der Waals surface area contributed by atoms with Gasteiger partial charge in [-0.05, 0) is 34.4 Å². The quantitative estimate of drug-likeness (QED) is 0.692. The van der Waals surface area contributed by atoms with Gasteiger partial charge in [0.1, 0.15) is 0 Å². The lowest BCUT2D eigenvalue weighted by atomic mass is 10.1. The average molecular weight is 333 g/mol. The Bertz CT molecular complexity index is 884. The van der Waals surface area contributed by atoms with Gasteiger partial charge < -0.3 is 4.90 Å². The first-order valence-electron chi connectivity index (χ1n) is 8.25. The van der Waals surface area contributed by atoms with Crippen LogP contribution in [-0.4, -0.2) is 18.2 Å². The second kappa shape index (κ2) is 6.70. The van der Waals surface area contributed by atoms with Crippen LogP contribution in [0.2, 0.25) is 0 Å². The van der Waals surface area contributed by atoms with Crippen LogP contribution in [0.1, 0.15) is 11.1 Å². The molecule has 1 aliphatic rings. The van der Waals surface area contributed by atoms with E-state index in [-0.39, 0.29) is 5.91 Å². The molecule has 120 valence electrons. The van der Waals surface area contributed by atoms with Crippen molar-refractivity contribution in [2.45, 2.75) is 12.2 Å². The Morgan fingerprint density at radius 1 is 0.958 bits per heavy atom. The molecule has 0 aliphatic carbocycles. The molecule has 0 spiro atoms. The molecule has 3 aromatic rings. The number of benzene rings is 3. The minimum absolute atomic E-state index is 0.213. The Kier molecular flexibility index (Phi) is 4.26. The number of rotatable bonds is 4. The van der Waals surface area contributed by atoms with Gasteiger partial charge in [-0.15, -0.1) is 11.8 Å². The highest BCUT2D eigenvalue weighted by Crippen LogP contribution is 2.29. The lowest BCUT2D eigenvalue weighted by Crippen LogP contribution is -2.30. The summed E-state index contributed by atoms with van der Waals surface area (Å²) < 4.78 is 0. The van der Waals surface area contributed by atoms with Crippen LogP contribution in [0, 0.1) is 0 Å². The maximum absolute atomic E-state index is 12.6. The van der Waals surface area contributed by atoms with Crippen LogP contribution >= 0.6 is 11.8 Å². The fraction of sp³-hybridized carbons (Fsp3) is 0.190. The minimum Gasteiger partial charge on any atom is -0.311 e. The molecule has 0 aromatic heterocycles. The summed E-state index contributed by atoms with van der Waals surface area (Å²) in [5.74, 6) is 1.60. The van der Waals surface area contributed by atoms with Crippen molar-refractivity contribution in [3.8, 4) is 0 Å². The summed E-state index contributed by atoms with van der Waals surface area (Å²) in [5, 5.41) is 2.54. The maximum atomic E-state index is 12.6.